The summed E-state index contributed by atoms with van der Waals surface area (Å²) in [6.07, 6.45) is -0.516. The van der Waals surface area contributed by atoms with Crippen molar-refractivity contribution in [2.24, 2.45) is 0 Å². The number of amides is 3. The van der Waals surface area contributed by atoms with E-state index in [4.69, 9.17) is 0 Å². The van der Waals surface area contributed by atoms with Crippen molar-refractivity contribution in [2.75, 3.05) is 0 Å². The molecule has 0 radical (unpaired) electrons. The van der Waals surface area contributed by atoms with E-state index in [2.05, 4.69) is 5.32 Å². The second-order valence-electron chi connectivity index (χ2n) is 5.41. The van der Waals surface area contributed by atoms with E-state index in [1.807, 2.05) is 0 Å². The van der Waals surface area contributed by atoms with E-state index in [9.17, 15) is 23.2 Å². The van der Waals surface area contributed by atoms with E-state index in [1.54, 1.807) is 13.8 Å². The number of rotatable bonds is 4. The van der Waals surface area contributed by atoms with Crippen LogP contribution >= 0.6 is 0 Å². The van der Waals surface area contributed by atoms with E-state index in [0.29, 0.717) is 0 Å². The quantitative estimate of drug-likeness (QED) is 0.849. The van der Waals surface area contributed by atoms with Crippen LogP contribution in [0, 0.1) is 11.6 Å². The van der Waals surface area contributed by atoms with Gasteiger partial charge in [-0.05, 0) is 19.9 Å². The minimum Gasteiger partial charge on any atom is -0.343 e. The van der Waals surface area contributed by atoms with Crippen LogP contribution in [0.25, 0.3) is 0 Å². The summed E-state index contributed by atoms with van der Waals surface area (Å²) in [6.45, 7) is 3.39. The molecule has 0 saturated carbocycles. The number of hydrogen-bond acceptors (Lipinski definition) is 3. The molecule has 1 aliphatic rings. The van der Waals surface area contributed by atoms with E-state index < -0.39 is 35.9 Å². The number of nitrogens with one attached hydrogen (secondary N) is 1. The van der Waals surface area contributed by atoms with Gasteiger partial charge in [-0.1, -0.05) is 12.1 Å². The lowest BCUT2D eigenvalue weighted by molar-refractivity contribution is -0.141. The first-order valence-corrected chi connectivity index (χ1v) is 6.89. The second-order valence-corrected chi connectivity index (χ2v) is 5.41. The molecule has 1 heterocycles. The average molecular weight is 310 g/mol. The van der Waals surface area contributed by atoms with Gasteiger partial charge in [-0.3, -0.25) is 19.3 Å². The van der Waals surface area contributed by atoms with E-state index in [0.717, 1.165) is 11.0 Å². The van der Waals surface area contributed by atoms with E-state index >= 15 is 0 Å². The summed E-state index contributed by atoms with van der Waals surface area (Å²) in [7, 11) is 0. The van der Waals surface area contributed by atoms with Crippen LogP contribution in [0.3, 0.4) is 0 Å². The molecular weight excluding hydrogens is 294 g/mol. The van der Waals surface area contributed by atoms with Crippen molar-refractivity contribution in [1.29, 1.82) is 0 Å². The number of benzene rings is 1. The molecule has 0 aromatic heterocycles. The van der Waals surface area contributed by atoms with Gasteiger partial charge in [0, 0.05) is 11.6 Å². The zero-order chi connectivity index (χ0) is 16.4. The maximum absolute atomic E-state index is 13.5. The summed E-state index contributed by atoms with van der Waals surface area (Å²) >= 11 is 0. The predicted octanol–water partition coefficient (Wildman–Crippen LogP) is 1.16. The molecule has 5 nitrogen and oxygen atoms in total. The minimum absolute atomic E-state index is 0.102. The van der Waals surface area contributed by atoms with Crippen LogP contribution in [-0.4, -0.2) is 34.7 Å². The molecule has 1 saturated heterocycles. The van der Waals surface area contributed by atoms with Crippen LogP contribution in [-0.2, 0) is 20.8 Å². The highest BCUT2D eigenvalue weighted by atomic mass is 19.2. The van der Waals surface area contributed by atoms with Crippen LogP contribution in [0.15, 0.2) is 18.2 Å². The highest BCUT2D eigenvalue weighted by Gasteiger charge is 2.40. The van der Waals surface area contributed by atoms with Gasteiger partial charge in [0.25, 0.3) is 5.91 Å². The van der Waals surface area contributed by atoms with Crippen molar-refractivity contribution >= 4 is 17.7 Å². The number of halogens is 2. The molecule has 1 unspecified atom stereocenters. The van der Waals surface area contributed by atoms with Crippen LogP contribution < -0.4 is 5.32 Å². The van der Waals surface area contributed by atoms with Gasteiger partial charge in [-0.2, -0.15) is 0 Å². The second kappa shape index (κ2) is 6.21. The fourth-order valence-electron chi connectivity index (χ4n) is 2.41. The molecule has 1 aromatic rings. The Balaban J connectivity index is 2.03. The summed E-state index contributed by atoms with van der Waals surface area (Å²) in [6, 6.07) is 2.31. The summed E-state index contributed by atoms with van der Waals surface area (Å²) < 4.78 is 26.6. The first-order chi connectivity index (χ1) is 10.3. The molecule has 0 bridgehead atoms. The number of imide groups is 1. The smallest absolute Gasteiger partial charge is 0.252 e. The molecule has 0 spiro atoms. The lowest BCUT2D eigenvalue weighted by atomic mass is 10.1. The normalized spacial score (nSPS) is 18.2. The monoisotopic (exact) mass is 310 g/mol. The summed E-state index contributed by atoms with van der Waals surface area (Å²) in [5.74, 6) is -3.60. The molecule has 1 atom stereocenters. The molecule has 3 amide bonds. The predicted molar refractivity (Wildman–Crippen MR) is 73.6 cm³/mol. The minimum atomic E-state index is -1.09. The van der Waals surface area contributed by atoms with Crippen LogP contribution in [0.2, 0.25) is 0 Å². The van der Waals surface area contributed by atoms with Crippen molar-refractivity contribution in [3.8, 4) is 0 Å². The topological polar surface area (TPSA) is 66.5 Å². The van der Waals surface area contributed by atoms with Crippen molar-refractivity contribution in [2.45, 2.75) is 38.8 Å². The fourth-order valence-corrected chi connectivity index (χ4v) is 2.41. The third-order valence-electron chi connectivity index (χ3n) is 3.42. The standard InChI is InChI=1S/C15H16F2N2O3/c1-8(2)19-13(21)7-11(15(19)22)18-12(20)6-9-4-3-5-10(16)14(9)17/h3-5,8,11H,6-7H2,1-2H3,(H,18,20). The van der Waals surface area contributed by atoms with Gasteiger partial charge in [-0.15, -0.1) is 0 Å². The Bertz CT molecular complexity index is 631. The van der Waals surface area contributed by atoms with Gasteiger partial charge < -0.3 is 5.32 Å². The first kappa shape index (κ1) is 16.1. The summed E-state index contributed by atoms with van der Waals surface area (Å²) in [5.41, 5.74) is -0.102. The highest BCUT2D eigenvalue weighted by Crippen LogP contribution is 2.17. The molecule has 1 aliphatic heterocycles. The van der Waals surface area contributed by atoms with Crippen molar-refractivity contribution in [1.82, 2.24) is 10.2 Å². The largest absolute Gasteiger partial charge is 0.343 e. The number of hydrogen-bond donors (Lipinski definition) is 1. The zero-order valence-electron chi connectivity index (χ0n) is 12.2. The Morgan fingerprint density at radius 1 is 1.36 bits per heavy atom. The fraction of sp³-hybridized carbons (Fsp3) is 0.400. The molecule has 0 aliphatic carbocycles. The Morgan fingerprint density at radius 2 is 2.05 bits per heavy atom. The molecule has 118 valence electrons. The van der Waals surface area contributed by atoms with Crippen LogP contribution in [0.1, 0.15) is 25.8 Å². The Morgan fingerprint density at radius 3 is 2.64 bits per heavy atom. The maximum Gasteiger partial charge on any atom is 0.252 e. The zero-order valence-corrected chi connectivity index (χ0v) is 12.2. The molecule has 7 heteroatoms. The Labute approximate surface area is 126 Å². The van der Waals surface area contributed by atoms with Crippen LogP contribution in [0.5, 0.6) is 0 Å². The van der Waals surface area contributed by atoms with Gasteiger partial charge in [0.1, 0.15) is 6.04 Å². The van der Waals surface area contributed by atoms with Crippen molar-refractivity contribution < 1.29 is 23.2 Å². The molecule has 1 aromatic carbocycles. The average Bonchev–Trinajstić information content (AvgIpc) is 2.69. The lowest BCUT2D eigenvalue weighted by Crippen LogP contribution is -2.44. The third kappa shape index (κ3) is 3.13. The number of likely N-dealkylation sites (tertiary alicyclic amines) is 1. The van der Waals surface area contributed by atoms with Gasteiger partial charge in [0.2, 0.25) is 11.8 Å². The van der Waals surface area contributed by atoms with E-state index in [-0.39, 0.29) is 23.9 Å². The molecule has 1 N–H and O–H groups in total. The van der Waals surface area contributed by atoms with Gasteiger partial charge in [-0.25, -0.2) is 8.78 Å². The Kier molecular flexibility index (Phi) is 4.54. The van der Waals surface area contributed by atoms with E-state index in [1.165, 1.54) is 12.1 Å². The summed E-state index contributed by atoms with van der Waals surface area (Å²) in [5, 5.41) is 2.40. The first-order valence-electron chi connectivity index (χ1n) is 6.89. The number of nitrogens with zero attached hydrogens (tertiary/aromatic N) is 1. The van der Waals surface area contributed by atoms with Gasteiger partial charge >= 0.3 is 0 Å². The number of carbonyl (C=O) groups is 3. The van der Waals surface area contributed by atoms with Gasteiger partial charge in [0.05, 0.1) is 12.8 Å². The number of carbonyl (C=O) groups excluding carboxylic acids is 3. The van der Waals surface area contributed by atoms with Crippen LogP contribution in [0.4, 0.5) is 8.78 Å². The highest BCUT2D eigenvalue weighted by molar-refractivity contribution is 6.07. The van der Waals surface area contributed by atoms with Crippen molar-refractivity contribution in [3.05, 3.63) is 35.4 Å². The molecule has 1 fully saturated rings. The van der Waals surface area contributed by atoms with Crippen molar-refractivity contribution in [3.63, 3.8) is 0 Å². The molecule has 2 rings (SSSR count). The molecular formula is C15H16F2N2O3. The SMILES string of the molecule is CC(C)N1C(=O)CC(NC(=O)Cc2cccc(F)c2F)C1=O. The summed E-state index contributed by atoms with van der Waals surface area (Å²) in [4.78, 5) is 36.7. The van der Waals surface area contributed by atoms with Gasteiger partial charge in [0.15, 0.2) is 11.6 Å². The maximum atomic E-state index is 13.5. The lowest BCUT2D eigenvalue weighted by Gasteiger charge is -2.19. The third-order valence-corrected chi connectivity index (χ3v) is 3.42. The Hall–Kier alpha value is -2.31. The molecule has 22 heavy (non-hydrogen) atoms.